The summed E-state index contributed by atoms with van der Waals surface area (Å²) in [5, 5.41) is 3.93. The highest BCUT2D eigenvalue weighted by Crippen LogP contribution is 2.35. The number of hydrogen-bond acceptors (Lipinski definition) is 4. The predicted octanol–water partition coefficient (Wildman–Crippen LogP) is 3.81. The van der Waals surface area contributed by atoms with E-state index in [-0.39, 0.29) is 6.04 Å². The van der Waals surface area contributed by atoms with Crippen LogP contribution in [0.25, 0.3) is 10.9 Å². The minimum atomic E-state index is -0.118. The minimum Gasteiger partial charge on any atom is -0.271 e. The van der Waals surface area contributed by atoms with Crippen molar-refractivity contribution in [2.75, 3.05) is 0 Å². The van der Waals surface area contributed by atoms with Crippen LogP contribution >= 0.6 is 22.9 Å². The third kappa shape index (κ3) is 2.31. The van der Waals surface area contributed by atoms with Gasteiger partial charge in [0.25, 0.3) is 0 Å². The van der Waals surface area contributed by atoms with E-state index in [4.69, 9.17) is 17.4 Å². The van der Waals surface area contributed by atoms with Gasteiger partial charge in [0.05, 0.1) is 16.6 Å². The van der Waals surface area contributed by atoms with Crippen LogP contribution in [0.15, 0.2) is 41.9 Å². The van der Waals surface area contributed by atoms with Crippen molar-refractivity contribution in [1.29, 1.82) is 0 Å². The molecule has 1 aromatic carbocycles. The molecule has 0 spiro atoms. The molecule has 0 aliphatic carbocycles. The molecule has 5 heteroatoms. The van der Waals surface area contributed by atoms with E-state index in [1.165, 1.54) is 0 Å². The summed E-state index contributed by atoms with van der Waals surface area (Å²) in [6.07, 6.45) is 1.79. The molecule has 0 bridgehead atoms. The Hall–Kier alpha value is -1.46. The number of pyridine rings is 1. The summed E-state index contributed by atoms with van der Waals surface area (Å²) < 4.78 is 0. The fraction of sp³-hybridized carbons (Fsp3) is 0.133. The number of aromatic nitrogens is 1. The first-order valence-corrected chi connectivity index (χ1v) is 7.50. The normalized spacial score (nSPS) is 12.8. The Kier molecular flexibility index (Phi) is 3.72. The van der Waals surface area contributed by atoms with Crippen LogP contribution in [0.1, 0.15) is 22.0 Å². The topological polar surface area (TPSA) is 50.9 Å². The fourth-order valence-corrected chi connectivity index (χ4v) is 3.62. The molecule has 1 unspecified atom stereocenters. The van der Waals surface area contributed by atoms with Crippen molar-refractivity contribution in [3.63, 3.8) is 0 Å². The van der Waals surface area contributed by atoms with Gasteiger partial charge in [0.1, 0.15) is 0 Å². The smallest absolute Gasteiger partial charge is 0.0818 e. The van der Waals surface area contributed by atoms with E-state index in [9.17, 15) is 0 Å². The molecule has 2 aromatic heterocycles. The Morgan fingerprint density at radius 2 is 2.20 bits per heavy atom. The largest absolute Gasteiger partial charge is 0.271 e. The first-order chi connectivity index (χ1) is 9.70. The number of benzene rings is 1. The molecule has 3 aromatic rings. The number of thiophene rings is 1. The molecular formula is C15H14ClN3S. The van der Waals surface area contributed by atoms with Gasteiger partial charge < -0.3 is 0 Å². The van der Waals surface area contributed by atoms with Gasteiger partial charge >= 0.3 is 0 Å². The first kappa shape index (κ1) is 13.5. The van der Waals surface area contributed by atoms with Gasteiger partial charge in [-0.2, -0.15) is 0 Å². The van der Waals surface area contributed by atoms with Crippen molar-refractivity contribution >= 4 is 33.8 Å². The molecule has 3 N–H and O–H groups in total. The molecule has 102 valence electrons. The monoisotopic (exact) mass is 303 g/mol. The molecular weight excluding hydrogens is 290 g/mol. The van der Waals surface area contributed by atoms with Gasteiger partial charge in [0.15, 0.2) is 0 Å². The van der Waals surface area contributed by atoms with E-state index in [0.29, 0.717) is 0 Å². The highest BCUT2D eigenvalue weighted by Gasteiger charge is 2.19. The van der Waals surface area contributed by atoms with E-state index >= 15 is 0 Å². The molecule has 2 heterocycles. The minimum absolute atomic E-state index is 0.118. The molecule has 0 saturated carbocycles. The number of nitrogens with two attached hydrogens (primary N) is 1. The van der Waals surface area contributed by atoms with Gasteiger partial charge in [-0.25, -0.2) is 5.43 Å². The predicted molar refractivity (Wildman–Crippen MR) is 85.0 cm³/mol. The lowest BCUT2D eigenvalue weighted by Gasteiger charge is -2.16. The van der Waals surface area contributed by atoms with Crippen LogP contribution in [0.3, 0.4) is 0 Å². The Morgan fingerprint density at radius 3 is 2.90 bits per heavy atom. The van der Waals surface area contributed by atoms with Gasteiger partial charge in [0.2, 0.25) is 0 Å². The quantitative estimate of drug-likeness (QED) is 0.571. The van der Waals surface area contributed by atoms with E-state index in [1.54, 1.807) is 17.5 Å². The molecule has 3 nitrogen and oxygen atoms in total. The van der Waals surface area contributed by atoms with Gasteiger partial charge in [-0.1, -0.05) is 29.8 Å². The summed E-state index contributed by atoms with van der Waals surface area (Å²) in [4.78, 5) is 5.41. The Bertz CT molecular complexity index is 754. The van der Waals surface area contributed by atoms with E-state index in [2.05, 4.69) is 22.5 Å². The van der Waals surface area contributed by atoms with Crippen molar-refractivity contribution < 1.29 is 0 Å². The standard InChI is InChI=1S/C15H14ClN3S/c1-9-8-20-15(13(9)16)14(19-17)11-5-4-10-3-2-6-18-12(10)7-11/h2-8,14,19H,17H2,1H3. The van der Waals surface area contributed by atoms with Crippen molar-refractivity contribution in [3.8, 4) is 0 Å². The number of nitrogens with one attached hydrogen (secondary N) is 1. The zero-order valence-corrected chi connectivity index (χ0v) is 12.5. The van der Waals surface area contributed by atoms with Crippen LogP contribution in [0, 0.1) is 6.92 Å². The number of nitrogens with zero attached hydrogens (tertiary/aromatic N) is 1. The van der Waals surface area contributed by atoms with Crippen LogP contribution < -0.4 is 11.3 Å². The molecule has 1 atom stereocenters. The Morgan fingerprint density at radius 1 is 1.35 bits per heavy atom. The lowest BCUT2D eigenvalue weighted by atomic mass is 10.0. The Labute approximate surface area is 126 Å². The highest BCUT2D eigenvalue weighted by molar-refractivity contribution is 7.10. The highest BCUT2D eigenvalue weighted by atomic mass is 35.5. The third-order valence-corrected chi connectivity index (χ3v) is 5.10. The van der Waals surface area contributed by atoms with Crippen molar-refractivity contribution in [2.24, 2.45) is 5.84 Å². The molecule has 0 saturated heterocycles. The van der Waals surface area contributed by atoms with Gasteiger partial charge in [-0.05, 0) is 35.6 Å². The fourth-order valence-electron chi connectivity index (χ4n) is 2.23. The second kappa shape index (κ2) is 5.50. The van der Waals surface area contributed by atoms with Crippen LogP contribution in [0.4, 0.5) is 0 Å². The molecule has 0 amide bonds. The van der Waals surface area contributed by atoms with Crippen molar-refractivity contribution in [2.45, 2.75) is 13.0 Å². The summed E-state index contributed by atoms with van der Waals surface area (Å²) in [6.45, 7) is 2.00. The van der Waals surface area contributed by atoms with Crippen LogP contribution in [-0.4, -0.2) is 4.98 Å². The van der Waals surface area contributed by atoms with Crippen molar-refractivity contribution in [1.82, 2.24) is 10.4 Å². The average molecular weight is 304 g/mol. The lowest BCUT2D eigenvalue weighted by Crippen LogP contribution is -2.28. The van der Waals surface area contributed by atoms with Crippen LogP contribution in [-0.2, 0) is 0 Å². The molecule has 0 radical (unpaired) electrons. The van der Waals surface area contributed by atoms with Crippen LogP contribution in [0.2, 0.25) is 5.02 Å². The van der Waals surface area contributed by atoms with Gasteiger partial charge in [0, 0.05) is 16.5 Å². The van der Waals surface area contributed by atoms with Gasteiger partial charge in [-0.15, -0.1) is 11.3 Å². The first-order valence-electron chi connectivity index (χ1n) is 6.25. The maximum absolute atomic E-state index is 6.35. The lowest BCUT2D eigenvalue weighted by molar-refractivity contribution is 0.647. The SMILES string of the molecule is Cc1csc(C(NN)c2ccc3cccnc3c2)c1Cl. The zero-order chi connectivity index (χ0) is 14.1. The number of rotatable bonds is 3. The van der Waals surface area contributed by atoms with Crippen molar-refractivity contribution in [3.05, 3.63) is 62.9 Å². The average Bonchev–Trinajstić information content (AvgIpc) is 2.80. The Balaban J connectivity index is 2.09. The second-order valence-corrected chi connectivity index (χ2v) is 5.94. The number of fused-ring (bicyclic) bond motifs is 1. The maximum atomic E-state index is 6.35. The number of halogens is 1. The maximum Gasteiger partial charge on any atom is 0.0818 e. The summed E-state index contributed by atoms with van der Waals surface area (Å²) in [5.74, 6) is 5.74. The summed E-state index contributed by atoms with van der Waals surface area (Å²) >= 11 is 7.96. The molecule has 0 aliphatic heterocycles. The molecule has 0 aliphatic rings. The summed E-state index contributed by atoms with van der Waals surface area (Å²) in [7, 11) is 0. The number of hydrazine groups is 1. The second-order valence-electron chi connectivity index (χ2n) is 4.65. The van der Waals surface area contributed by atoms with E-state index in [0.717, 1.165) is 31.9 Å². The molecule has 0 fully saturated rings. The summed E-state index contributed by atoms with van der Waals surface area (Å²) in [5.41, 5.74) is 5.94. The van der Waals surface area contributed by atoms with E-state index in [1.807, 2.05) is 30.5 Å². The van der Waals surface area contributed by atoms with Gasteiger partial charge in [-0.3, -0.25) is 10.8 Å². The van der Waals surface area contributed by atoms with Crippen LogP contribution in [0.5, 0.6) is 0 Å². The molecule has 3 rings (SSSR count). The number of hydrogen-bond donors (Lipinski definition) is 2. The third-order valence-electron chi connectivity index (χ3n) is 3.32. The molecule has 20 heavy (non-hydrogen) atoms. The van der Waals surface area contributed by atoms with E-state index < -0.39 is 0 Å². The zero-order valence-electron chi connectivity index (χ0n) is 10.9. The number of aryl methyl sites for hydroxylation is 1. The summed E-state index contributed by atoms with van der Waals surface area (Å²) in [6, 6.07) is 10.0.